The van der Waals surface area contributed by atoms with Gasteiger partial charge >= 0.3 is 0 Å². The highest BCUT2D eigenvalue weighted by Gasteiger charge is 2.49. The van der Waals surface area contributed by atoms with Crippen molar-refractivity contribution in [1.29, 1.82) is 0 Å². The second-order valence-electron chi connectivity index (χ2n) is 24.5. The molecule has 0 aromatic carbocycles. The lowest BCUT2D eigenvalue weighted by Gasteiger charge is -2.36. The van der Waals surface area contributed by atoms with E-state index in [0.717, 1.165) is 51.4 Å². The number of hydrogen-bond donors (Lipinski definition) is 8. The molecule has 408 valence electrons. The van der Waals surface area contributed by atoms with E-state index in [0.29, 0.717) is 31.1 Å². The molecule has 12 atom stereocenters. The van der Waals surface area contributed by atoms with Gasteiger partial charge in [0.05, 0.1) is 12.1 Å². The highest BCUT2D eigenvalue weighted by molar-refractivity contribution is 5.95. The van der Waals surface area contributed by atoms with Crippen LogP contribution >= 0.6 is 0 Å². The van der Waals surface area contributed by atoms with Gasteiger partial charge in [0.1, 0.15) is 24.2 Å². The van der Waals surface area contributed by atoms with Crippen molar-refractivity contribution in [3.8, 4) is 0 Å². The third kappa shape index (κ3) is 15.4. The minimum atomic E-state index is -0.938. The first kappa shape index (κ1) is 58.6. The number of nitrogens with zero attached hydrogens (tertiary/aromatic N) is 2. The van der Waals surface area contributed by atoms with E-state index in [1.165, 1.54) is 22.6 Å². The Morgan fingerprint density at radius 1 is 0.444 bits per heavy atom. The van der Waals surface area contributed by atoms with Crippen LogP contribution in [-0.4, -0.2) is 145 Å². The quantitative estimate of drug-likeness (QED) is 0.0996. The van der Waals surface area contributed by atoms with E-state index in [1.807, 2.05) is 55.4 Å². The van der Waals surface area contributed by atoms with E-state index in [2.05, 4.69) is 42.5 Å². The topological polar surface area (TPSA) is 239 Å². The van der Waals surface area contributed by atoms with Crippen molar-refractivity contribution in [1.82, 2.24) is 52.3 Å². The minimum Gasteiger partial charge on any atom is -0.352 e. The predicted molar refractivity (Wildman–Crippen MR) is 278 cm³/mol. The molecule has 8 amide bonds. The average molecular weight is 1010 g/mol. The van der Waals surface area contributed by atoms with Gasteiger partial charge in [0.25, 0.3) is 0 Å². The number of carbonyl (C=O) groups is 8. The molecule has 18 heteroatoms. The highest BCUT2D eigenvalue weighted by atomic mass is 16.2. The Morgan fingerprint density at radius 3 is 1.11 bits per heavy atom. The van der Waals surface area contributed by atoms with Crippen molar-refractivity contribution < 1.29 is 38.4 Å². The zero-order valence-corrected chi connectivity index (χ0v) is 46.0. The summed E-state index contributed by atoms with van der Waals surface area (Å²) in [7, 11) is 3.34. The van der Waals surface area contributed by atoms with Crippen LogP contribution in [0, 0.1) is 34.5 Å². The smallest absolute Gasteiger partial charge is 0.246 e. The van der Waals surface area contributed by atoms with E-state index in [9.17, 15) is 38.4 Å². The number of rotatable bonds is 18. The van der Waals surface area contributed by atoms with E-state index in [4.69, 9.17) is 0 Å². The lowest BCUT2D eigenvalue weighted by atomic mass is 9.80. The van der Waals surface area contributed by atoms with Gasteiger partial charge in [-0.1, -0.05) is 86.5 Å². The summed E-state index contributed by atoms with van der Waals surface area (Å²) >= 11 is 0. The molecular formula is C54H94N10O8. The molecule has 18 nitrogen and oxygen atoms in total. The average Bonchev–Trinajstić information content (AvgIpc) is 3.98. The Hall–Kier alpha value is -4.32. The van der Waals surface area contributed by atoms with Gasteiger partial charge in [0.2, 0.25) is 47.3 Å². The summed E-state index contributed by atoms with van der Waals surface area (Å²) in [6.07, 6.45) is 13.4. The molecule has 0 bridgehead atoms. The number of likely N-dealkylation sites (tertiary alicyclic amines) is 2. The molecular weight excluding hydrogens is 917 g/mol. The Morgan fingerprint density at radius 2 is 0.792 bits per heavy atom. The molecule has 0 aromatic heterocycles. The zero-order valence-electron chi connectivity index (χ0n) is 46.0. The van der Waals surface area contributed by atoms with E-state index in [1.54, 1.807) is 27.9 Å². The predicted octanol–water partition coefficient (Wildman–Crippen LogP) is 3.41. The van der Waals surface area contributed by atoms with E-state index < -0.39 is 71.0 Å². The van der Waals surface area contributed by atoms with Crippen LogP contribution in [0.4, 0.5) is 0 Å². The van der Waals surface area contributed by atoms with Crippen molar-refractivity contribution >= 4 is 47.3 Å². The van der Waals surface area contributed by atoms with Gasteiger partial charge in [-0.05, 0) is 122 Å². The highest BCUT2D eigenvalue weighted by Crippen LogP contribution is 2.34. The fourth-order valence-electron chi connectivity index (χ4n) is 11.7. The molecule has 5 aliphatic rings. The molecule has 3 unspecified atom stereocenters. The molecule has 5 fully saturated rings. The maximum absolute atomic E-state index is 14.6. The van der Waals surface area contributed by atoms with Gasteiger partial charge in [-0.25, -0.2) is 0 Å². The molecule has 8 N–H and O–H groups in total. The van der Waals surface area contributed by atoms with E-state index >= 15 is 0 Å². The molecule has 3 saturated carbocycles. The largest absolute Gasteiger partial charge is 0.352 e. The summed E-state index contributed by atoms with van der Waals surface area (Å²) in [4.78, 5) is 116. The van der Waals surface area contributed by atoms with Crippen molar-refractivity contribution in [2.45, 2.75) is 232 Å². The first-order chi connectivity index (χ1) is 33.8. The molecule has 5 rings (SSSR count). The Kier molecular flexibility index (Phi) is 21.0. The summed E-state index contributed by atoms with van der Waals surface area (Å²) < 4.78 is 0. The lowest BCUT2D eigenvalue weighted by molar-refractivity contribution is -0.144. The summed E-state index contributed by atoms with van der Waals surface area (Å²) in [6.45, 7) is 18.9. The first-order valence-corrected chi connectivity index (χ1v) is 27.6. The van der Waals surface area contributed by atoms with Crippen molar-refractivity contribution in [3.05, 3.63) is 0 Å². The van der Waals surface area contributed by atoms with Gasteiger partial charge in [0.15, 0.2) is 0 Å². The second kappa shape index (κ2) is 25.8. The number of hydrogen-bond acceptors (Lipinski definition) is 10. The lowest BCUT2D eigenvalue weighted by Crippen LogP contribution is -2.60. The maximum atomic E-state index is 14.6. The van der Waals surface area contributed by atoms with Crippen molar-refractivity contribution in [2.75, 3.05) is 27.2 Å². The number of likely N-dealkylation sites (N-methyl/N-ethyl adjacent to an activating group) is 2. The van der Waals surface area contributed by atoms with Crippen molar-refractivity contribution in [3.63, 3.8) is 0 Å². The fourth-order valence-corrected chi connectivity index (χ4v) is 11.7. The van der Waals surface area contributed by atoms with Gasteiger partial charge in [-0.2, -0.15) is 0 Å². The van der Waals surface area contributed by atoms with Crippen molar-refractivity contribution in [2.24, 2.45) is 34.5 Å². The summed E-state index contributed by atoms with van der Waals surface area (Å²) in [5.41, 5.74) is -1.39. The molecule has 0 aromatic rings. The Balaban J connectivity index is 1.29. The summed E-state index contributed by atoms with van der Waals surface area (Å²) in [5, 5.41) is 24.5. The summed E-state index contributed by atoms with van der Waals surface area (Å²) in [6, 6.07) is -5.98. The monoisotopic (exact) mass is 1010 g/mol. The van der Waals surface area contributed by atoms with Crippen LogP contribution in [0.15, 0.2) is 0 Å². The number of amides is 8. The maximum Gasteiger partial charge on any atom is 0.246 e. The normalized spacial score (nSPS) is 27.1. The first-order valence-electron chi connectivity index (χ1n) is 27.6. The van der Waals surface area contributed by atoms with Crippen LogP contribution in [0.5, 0.6) is 0 Å². The molecule has 2 aliphatic heterocycles. The third-order valence-corrected chi connectivity index (χ3v) is 16.8. The molecule has 2 heterocycles. The minimum absolute atomic E-state index is 0.0838. The molecule has 72 heavy (non-hydrogen) atoms. The second-order valence-corrected chi connectivity index (χ2v) is 24.5. The van der Waals surface area contributed by atoms with Crippen LogP contribution in [0.1, 0.15) is 172 Å². The van der Waals surface area contributed by atoms with Crippen LogP contribution in [0.2, 0.25) is 0 Å². The molecule has 0 radical (unpaired) electrons. The van der Waals surface area contributed by atoms with E-state index in [-0.39, 0.29) is 91.7 Å². The molecule has 3 aliphatic carbocycles. The SMILES string of the molecule is CN[C@@H](C)C(=O)N[C@@H](C(=O)N1C[C@@H](NC(=O)C2CCCC(C(=O)N[C@H]3C[C@@H](C(=O)N[C@H](C)C4CCCCC4)N(C(=O)[C@H](NC(=O)[C@H](C)NC)C(C)(C)C)C3)C2)CC1C(=O)N[C@H](C)C1CCCCC1)C(C)(C)C. The van der Waals surface area contributed by atoms with Gasteiger partial charge < -0.3 is 52.3 Å². The Labute approximate surface area is 430 Å². The van der Waals surface area contributed by atoms with Crippen LogP contribution in [0.3, 0.4) is 0 Å². The third-order valence-electron chi connectivity index (χ3n) is 16.8. The Bertz CT molecular complexity index is 1770. The standard InChI is InChI=1S/C54H94N10O8/c1-31(35-20-15-13-16-21-35)57-49(69)41-27-39(29-63(41)51(71)43(53(5,6)7)61-45(65)33(3)55-11)59-47(67)37-24-19-25-38(26-37)48(68)60-40-28-42(50(70)58-32(2)36-22-17-14-18-23-36)64(30-40)52(72)44(54(8,9)10)62-46(66)34(4)56-12/h31-44,55-56H,13-30H2,1-12H3,(H,57,69)(H,58,70)(H,59,67)(H,60,68)(H,61,65)(H,62,66)/t31-,32-,33+,34+,37?,38?,39+,40+,41+,42?,43+,44+/m1/s1. The molecule has 0 spiro atoms. The van der Waals surface area contributed by atoms with Gasteiger partial charge in [-0.15, -0.1) is 0 Å². The van der Waals surface area contributed by atoms with Crippen LogP contribution < -0.4 is 42.5 Å². The summed E-state index contributed by atoms with van der Waals surface area (Å²) in [5.74, 6) is -2.80. The van der Waals surface area contributed by atoms with Crippen LogP contribution in [-0.2, 0) is 38.4 Å². The fraction of sp³-hybridized carbons (Fsp3) is 0.852. The number of nitrogens with one attached hydrogen (secondary N) is 8. The van der Waals surface area contributed by atoms with Gasteiger partial charge in [0, 0.05) is 49.1 Å². The molecule has 2 saturated heterocycles. The number of carbonyl (C=O) groups excluding carboxylic acids is 8. The van der Waals surface area contributed by atoms with Gasteiger partial charge in [-0.3, -0.25) is 38.4 Å². The zero-order chi connectivity index (χ0) is 53.2. The van der Waals surface area contributed by atoms with Crippen LogP contribution in [0.25, 0.3) is 0 Å².